The molecule has 0 radical (unpaired) electrons. The summed E-state index contributed by atoms with van der Waals surface area (Å²) in [6, 6.07) is 3.50. The molecule has 0 bridgehead atoms. The Balaban J connectivity index is 2.72. The van der Waals surface area contributed by atoms with Crippen molar-refractivity contribution >= 4 is 18.4 Å². The Hall–Kier alpha value is -0.830. The Morgan fingerprint density at radius 1 is 1.54 bits per heavy atom. The molecule has 1 heterocycles. The topological polar surface area (TPSA) is 30.0 Å². The third kappa shape index (κ3) is 3.19. The van der Waals surface area contributed by atoms with Crippen LogP contribution in [0.5, 0.6) is 0 Å². The molecule has 70 valence electrons. The van der Waals surface area contributed by atoms with Crippen LogP contribution in [0.1, 0.15) is 30.6 Å². The summed E-state index contributed by atoms with van der Waals surface area (Å²) in [6.07, 6.45) is 2.15. The fourth-order valence-electron chi connectivity index (χ4n) is 1.04. The number of ketones is 1. The maximum atomic E-state index is 11.5. The maximum absolute atomic E-state index is 11.5. The maximum Gasteiger partial charge on any atom is 0.164 e. The van der Waals surface area contributed by atoms with E-state index >= 15 is 0 Å². The molecule has 0 N–H and O–H groups in total. The van der Waals surface area contributed by atoms with Crippen molar-refractivity contribution in [3.05, 3.63) is 23.9 Å². The van der Waals surface area contributed by atoms with Crippen molar-refractivity contribution in [2.24, 2.45) is 5.92 Å². The Kier molecular flexibility index (Phi) is 3.48. The zero-order chi connectivity index (χ0) is 9.84. The van der Waals surface area contributed by atoms with Crippen molar-refractivity contribution in [3.63, 3.8) is 0 Å². The first kappa shape index (κ1) is 10.3. The van der Waals surface area contributed by atoms with Gasteiger partial charge in [0.2, 0.25) is 0 Å². The van der Waals surface area contributed by atoms with E-state index in [2.05, 4.69) is 17.6 Å². The second-order valence-corrected chi connectivity index (χ2v) is 3.88. The number of rotatable bonds is 3. The van der Waals surface area contributed by atoms with Crippen molar-refractivity contribution in [1.29, 1.82) is 0 Å². The van der Waals surface area contributed by atoms with Crippen LogP contribution in [-0.2, 0) is 0 Å². The monoisotopic (exact) mass is 195 g/mol. The van der Waals surface area contributed by atoms with Gasteiger partial charge in [0, 0.05) is 18.2 Å². The van der Waals surface area contributed by atoms with Gasteiger partial charge in [-0.2, -0.15) is 0 Å². The normalized spacial score (nSPS) is 10.5. The lowest BCUT2D eigenvalue weighted by atomic mass is 10.0. The molecule has 0 aliphatic carbocycles. The molecule has 0 amide bonds. The van der Waals surface area contributed by atoms with Crippen LogP contribution >= 0.6 is 12.6 Å². The highest BCUT2D eigenvalue weighted by molar-refractivity contribution is 7.80. The van der Waals surface area contributed by atoms with Crippen LogP contribution in [0.15, 0.2) is 23.4 Å². The Labute approximate surface area is 83.8 Å². The quantitative estimate of drug-likeness (QED) is 0.593. The molecule has 0 spiro atoms. The van der Waals surface area contributed by atoms with Crippen LogP contribution in [0.4, 0.5) is 0 Å². The number of hydrogen-bond donors (Lipinski definition) is 1. The summed E-state index contributed by atoms with van der Waals surface area (Å²) in [5.74, 6) is 0.541. The van der Waals surface area contributed by atoms with E-state index in [4.69, 9.17) is 0 Å². The Morgan fingerprint density at radius 2 is 2.23 bits per heavy atom. The average molecular weight is 195 g/mol. The van der Waals surface area contributed by atoms with Crippen LogP contribution in [0, 0.1) is 5.92 Å². The second kappa shape index (κ2) is 4.42. The molecule has 1 rings (SSSR count). The minimum atomic E-state index is 0.149. The summed E-state index contributed by atoms with van der Waals surface area (Å²) in [7, 11) is 0. The van der Waals surface area contributed by atoms with Crippen molar-refractivity contribution in [2.75, 3.05) is 0 Å². The molecule has 0 aromatic carbocycles. The minimum absolute atomic E-state index is 0.149. The van der Waals surface area contributed by atoms with Crippen molar-refractivity contribution in [2.45, 2.75) is 25.3 Å². The molecule has 3 heteroatoms. The number of thiol groups is 1. The standard InChI is InChI=1S/C10H13NOS/c1-7(2)5-9(12)8-3-4-10(13)11-6-8/h3-4,6-7H,5H2,1-2H3,(H,11,13). The lowest BCUT2D eigenvalue weighted by molar-refractivity contribution is 0.0967. The first-order chi connectivity index (χ1) is 6.09. The fourth-order valence-corrected chi connectivity index (χ4v) is 1.17. The SMILES string of the molecule is CC(C)CC(=O)c1ccc(S)nc1. The van der Waals surface area contributed by atoms with E-state index in [-0.39, 0.29) is 5.78 Å². The minimum Gasteiger partial charge on any atom is -0.294 e. The lowest BCUT2D eigenvalue weighted by Gasteiger charge is -2.03. The van der Waals surface area contributed by atoms with Gasteiger partial charge in [0.1, 0.15) is 0 Å². The highest BCUT2D eigenvalue weighted by Crippen LogP contribution is 2.09. The summed E-state index contributed by atoms with van der Waals surface area (Å²) >= 11 is 4.05. The number of carbonyl (C=O) groups excluding carboxylic acids is 1. The van der Waals surface area contributed by atoms with E-state index < -0.39 is 0 Å². The van der Waals surface area contributed by atoms with E-state index in [1.165, 1.54) is 0 Å². The fraction of sp³-hybridized carbons (Fsp3) is 0.400. The number of pyridine rings is 1. The van der Waals surface area contributed by atoms with Gasteiger partial charge in [-0.25, -0.2) is 4.98 Å². The summed E-state index contributed by atoms with van der Waals surface area (Å²) in [5.41, 5.74) is 0.673. The summed E-state index contributed by atoms with van der Waals surface area (Å²) in [4.78, 5) is 15.5. The van der Waals surface area contributed by atoms with E-state index in [1.807, 2.05) is 13.8 Å². The molecular formula is C10H13NOS. The van der Waals surface area contributed by atoms with Crippen LogP contribution in [0.2, 0.25) is 0 Å². The van der Waals surface area contributed by atoms with Gasteiger partial charge in [-0.05, 0) is 18.1 Å². The molecule has 0 aliphatic heterocycles. The molecule has 1 aromatic rings. The Morgan fingerprint density at radius 3 is 2.69 bits per heavy atom. The molecule has 0 aliphatic rings. The summed E-state index contributed by atoms with van der Waals surface area (Å²) < 4.78 is 0. The smallest absolute Gasteiger partial charge is 0.164 e. The zero-order valence-electron chi connectivity index (χ0n) is 7.82. The predicted molar refractivity (Wildman–Crippen MR) is 55.3 cm³/mol. The van der Waals surface area contributed by atoms with Gasteiger partial charge in [-0.15, -0.1) is 12.6 Å². The molecule has 13 heavy (non-hydrogen) atoms. The molecule has 0 saturated heterocycles. The third-order valence-corrected chi connectivity index (χ3v) is 1.93. The molecule has 0 saturated carbocycles. The highest BCUT2D eigenvalue weighted by atomic mass is 32.1. The van der Waals surface area contributed by atoms with Gasteiger partial charge in [0.15, 0.2) is 5.78 Å². The van der Waals surface area contributed by atoms with Crippen LogP contribution < -0.4 is 0 Å². The summed E-state index contributed by atoms with van der Waals surface area (Å²) in [6.45, 7) is 4.05. The van der Waals surface area contributed by atoms with Gasteiger partial charge in [0.05, 0.1) is 5.03 Å². The first-order valence-corrected chi connectivity index (χ1v) is 4.72. The first-order valence-electron chi connectivity index (χ1n) is 4.28. The summed E-state index contributed by atoms with van der Waals surface area (Å²) in [5, 5.41) is 0.640. The van der Waals surface area contributed by atoms with Gasteiger partial charge in [-0.3, -0.25) is 4.79 Å². The van der Waals surface area contributed by atoms with Crippen LogP contribution in [0.25, 0.3) is 0 Å². The number of nitrogens with zero attached hydrogens (tertiary/aromatic N) is 1. The van der Waals surface area contributed by atoms with Crippen molar-refractivity contribution in [3.8, 4) is 0 Å². The number of carbonyl (C=O) groups is 1. The van der Waals surface area contributed by atoms with Gasteiger partial charge >= 0.3 is 0 Å². The zero-order valence-corrected chi connectivity index (χ0v) is 8.71. The van der Waals surface area contributed by atoms with Gasteiger partial charge in [0.25, 0.3) is 0 Å². The predicted octanol–water partition coefficient (Wildman–Crippen LogP) is 2.60. The Bertz CT molecular complexity index is 292. The molecule has 1 aromatic heterocycles. The van der Waals surface area contributed by atoms with E-state index in [9.17, 15) is 4.79 Å². The molecular weight excluding hydrogens is 182 g/mol. The van der Waals surface area contributed by atoms with E-state index in [1.54, 1.807) is 18.3 Å². The van der Waals surface area contributed by atoms with Crippen molar-refractivity contribution in [1.82, 2.24) is 4.98 Å². The average Bonchev–Trinajstić information content (AvgIpc) is 2.04. The third-order valence-electron chi connectivity index (χ3n) is 1.66. The van der Waals surface area contributed by atoms with Crippen LogP contribution in [0.3, 0.4) is 0 Å². The van der Waals surface area contributed by atoms with Gasteiger partial charge in [-0.1, -0.05) is 13.8 Å². The number of hydrogen-bond acceptors (Lipinski definition) is 3. The number of aromatic nitrogens is 1. The van der Waals surface area contributed by atoms with Gasteiger partial charge < -0.3 is 0 Å². The largest absolute Gasteiger partial charge is 0.294 e. The van der Waals surface area contributed by atoms with E-state index in [0.29, 0.717) is 22.9 Å². The molecule has 0 unspecified atom stereocenters. The lowest BCUT2D eigenvalue weighted by Crippen LogP contribution is -2.03. The molecule has 0 atom stereocenters. The van der Waals surface area contributed by atoms with E-state index in [0.717, 1.165) is 0 Å². The highest BCUT2D eigenvalue weighted by Gasteiger charge is 2.07. The second-order valence-electron chi connectivity index (χ2n) is 3.43. The number of Topliss-reactive ketones (excluding diaryl/α,β-unsaturated/α-hetero) is 1. The molecule has 0 fully saturated rings. The van der Waals surface area contributed by atoms with Crippen LogP contribution in [-0.4, -0.2) is 10.8 Å². The molecule has 2 nitrogen and oxygen atoms in total. The van der Waals surface area contributed by atoms with Crippen molar-refractivity contribution < 1.29 is 4.79 Å².